The normalized spacial score (nSPS) is 12.6. The molecule has 2 nitrogen and oxygen atoms in total. The van der Waals surface area contributed by atoms with E-state index in [0.717, 1.165) is 29.7 Å². The molecule has 0 radical (unpaired) electrons. The molecule has 0 amide bonds. The fourth-order valence-electron chi connectivity index (χ4n) is 1.89. The van der Waals surface area contributed by atoms with Gasteiger partial charge >= 0.3 is 0 Å². The topological polar surface area (TPSA) is 24.9 Å². The van der Waals surface area contributed by atoms with Crippen LogP contribution in [-0.2, 0) is 0 Å². The largest absolute Gasteiger partial charge is 0.305 e. The minimum absolute atomic E-state index is 0.194. The highest BCUT2D eigenvalue weighted by Gasteiger charge is 2.17. The average Bonchev–Trinajstić information content (AvgIpc) is 2.80. The Morgan fingerprint density at radius 1 is 1.32 bits per heavy atom. The number of aryl methyl sites for hydroxylation is 1. The molecule has 1 heterocycles. The lowest BCUT2D eigenvalue weighted by atomic mass is 10.0. The van der Waals surface area contributed by atoms with Gasteiger partial charge in [0.05, 0.1) is 16.7 Å². The zero-order chi connectivity index (χ0) is 13.8. The summed E-state index contributed by atoms with van der Waals surface area (Å²) in [5, 5.41) is 6.22. The highest BCUT2D eigenvalue weighted by molar-refractivity contribution is 7.09. The Bertz CT molecular complexity index is 554. The van der Waals surface area contributed by atoms with Gasteiger partial charge in [-0.3, -0.25) is 0 Å². The number of benzene rings is 1. The summed E-state index contributed by atoms with van der Waals surface area (Å²) in [6.07, 6.45) is 0.962. The second kappa shape index (κ2) is 6.21. The van der Waals surface area contributed by atoms with Crippen molar-refractivity contribution < 1.29 is 8.78 Å². The van der Waals surface area contributed by atoms with Crippen LogP contribution in [-0.4, -0.2) is 11.5 Å². The van der Waals surface area contributed by atoms with E-state index in [2.05, 4.69) is 17.2 Å². The molecule has 5 heteroatoms. The monoisotopic (exact) mass is 282 g/mol. The van der Waals surface area contributed by atoms with Crippen molar-refractivity contribution in [2.75, 3.05) is 6.54 Å². The zero-order valence-corrected chi connectivity index (χ0v) is 11.7. The van der Waals surface area contributed by atoms with Gasteiger partial charge in [-0.1, -0.05) is 13.0 Å². The molecular formula is C14H16F2N2S. The summed E-state index contributed by atoms with van der Waals surface area (Å²) in [5.74, 6) is -1.65. The number of hydrogen-bond acceptors (Lipinski definition) is 3. The van der Waals surface area contributed by atoms with Crippen molar-refractivity contribution in [1.82, 2.24) is 10.3 Å². The van der Waals surface area contributed by atoms with Gasteiger partial charge in [0.25, 0.3) is 0 Å². The Labute approximate surface area is 115 Å². The first kappa shape index (κ1) is 14.1. The van der Waals surface area contributed by atoms with Crippen molar-refractivity contribution in [3.8, 4) is 0 Å². The van der Waals surface area contributed by atoms with Crippen LogP contribution in [0.25, 0.3) is 0 Å². The molecule has 19 heavy (non-hydrogen) atoms. The van der Waals surface area contributed by atoms with Crippen LogP contribution in [0.3, 0.4) is 0 Å². The lowest BCUT2D eigenvalue weighted by molar-refractivity contribution is 0.502. The van der Waals surface area contributed by atoms with E-state index in [1.807, 2.05) is 12.3 Å². The molecule has 102 valence electrons. The molecular weight excluding hydrogens is 266 g/mol. The van der Waals surface area contributed by atoms with E-state index in [9.17, 15) is 8.78 Å². The minimum atomic E-state index is -0.826. The number of hydrogen-bond donors (Lipinski definition) is 1. The van der Waals surface area contributed by atoms with Crippen molar-refractivity contribution >= 4 is 11.3 Å². The number of aromatic nitrogens is 1. The van der Waals surface area contributed by atoms with Crippen molar-refractivity contribution in [2.45, 2.75) is 26.3 Å². The zero-order valence-electron chi connectivity index (χ0n) is 10.9. The Morgan fingerprint density at radius 2 is 2.11 bits per heavy atom. The van der Waals surface area contributed by atoms with Crippen LogP contribution in [0.2, 0.25) is 0 Å². The molecule has 0 bridgehead atoms. The highest BCUT2D eigenvalue weighted by Crippen LogP contribution is 2.24. The summed E-state index contributed by atoms with van der Waals surface area (Å²) >= 11 is 1.55. The van der Waals surface area contributed by atoms with Gasteiger partial charge in [-0.05, 0) is 37.6 Å². The van der Waals surface area contributed by atoms with Crippen LogP contribution in [0.4, 0.5) is 8.78 Å². The first-order chi connectivity index (χ1) is 9.11. The van der Waals surface area contributed by atoms with E-state index < -0.39 is 11.6 Å². The summed E-state index contributed by atoms with van der Waals surface area (Å²) in [6, 6.07) is 3.79. The quantitative estimate of drug-likeness (QED) is 0.901. The van der Waals surface area contributed by atoms with Gasteiger partial charge in [0.15, 0.2) is 11.6 Å². The van der Waals surface area contributed by atoms with Crippen molar-refractivity contribution in [3.05, 3.63) is 51.5 Å². The maximum atomic E-state index is 13.4. The molecule has 1 aromatic heterocycles. The third-order valence-corrected chi connectivity index (χ3v) is 3.60. The van der Waals surface area contributed by atoms with Gasteiger partial charge in [0.1, 0.15) is 0 Å². The molecule has 1 atom stereocenters. The van der Waals surface area contributed by atoms with Crippen LogP contribution in [0, 0.1) is 18.6 Å². The summed E-state index contributed by atoms with van der Waals surface area (Å²) in [7, 11) is 0. The maximum Gasteiger partial charge on any atom is 0.159 e. The molecule has 0 aliphatic rings. The van der Waals surface area contributed by atoms with Crippen LogP contribution in [0.15, 0.2) is 23.6 Å². The molecule has 0 saturated carbocycles. The molecule has 0 aliphatic heterocycles. The fraction of sp³-hybridized carbons (Fsp3) is 0.357. The van der Waals surface area contributed by atoms with E-state index in [-0.39, 0.29) is 6.04 Å². The number of halogens is 2. The smallest absolute Gasteiger partial charge is 0.159 e. The predicted molar refractivity (Wildman–Crippen MR) is 73.3 cm³/mol. The summed E-state index contributed by atoms with van der Waals surface area (Å²) in [6.45, 7) is 4.78. The van der Waals surface area contributed by atoms with Crippen LogP contribution in [0.1, 0.15) is 35.7 Å². The molecule has 2 rings (SSSR count). The van der Waals surface area contributed by atoms with Crippen molar-refractivity contribution in [1.29, 1.82) is 0 Å². The van der Waals surface area contributed by atoms with Gasteiger partial charge < -0.3 is 5.32 Å². The number of thiazole rings is 1. The van der Waals surface area contributed by atoms with Crippen molar-refractivity contribution in [3.63, 3.8) is 0 Å². The fourth-order valence-corrected chi connectivity index (χ4v) is 2.52. The molecule has 2 aromatic rings. The molecule has 1 aromatic carbocycles. The SMILES string of the molecule is CCCNC(c1ccc(F)c(F)c1)c1csc(C)n1. The van der Waals surface area contributed by atoms with Gasteiger partial charge in [-0.25, -0.2) is 13.8 Å². The predicted octanol–water partition coefficient (Wildman–Crippen LogP) is 3.82. The Kier molecular flexibility index (Phi) is 4.61. The summed E-state index contributed by atoms with van der Waals surface area (Å²) < 4.78 is 26.4. The first-order valence-electron chi connectivity index (χ1n) is 6.22. The summed E-state index contributed by atoms with van der Waals surface area (Å²) in [4.78, 5) is 4.43. The maximum absolute atomic E-state index is 13.4. The lowest BCUT2D eigenvalue weighted by Crippen LogP contribution is -2.23. The molecule has 0 fully saturated rings. The van der Waals surface area contributed by atoms with E-state index in [4.69, 9.17) is 0 Å². The third-order valence-electron chi connectivity index (χ3n) is 2.81. The Balaban J connectivity index is 2.33. The minimum Gasteiger partial charge on any atom is -0.305 e. The third kappa shape index (κ3) is 3.36. The van der Waals surface area contributed by atoms with Crippen LogP contribution >= 0.6 is 11.3 Å². The van der Waals surface area contributed by atoms with Crippen molar-refractivity contribution in [2.24, 2.45) is 0 Å². The van der Waals surface area contributed by atoms with Gasteiger partial charge in [-0.15, -0.1) is 11.3 Å². The number of nitrogens with one attached hydrogen (secondary N) is 1. The van der Waals surface area contributed by atoms with E-state index in [1.54, 1.807) is 17.4 Å². The van der Waals surface area contributed by atoms with E-state index in [0.29, 0.717) is 5.56 Å². The van der Waals surface area contributed by atoms with Gasteiger partial charge in [0, 0.05) is 5.38 Å². The molecule has 0 saturated heterocycles. The van der Waals surface area contributed by atoms with Gasteiger partial charge in [0.2, 0.25) is 0 Å². The lowest BCUT2D eigenvalue weighted by Gasteiger charge is -2.17. The second-order valence-corrected chi connectivity index (χ2v) is 5.41. The second-order valence-electron chi connectivity index (χ2n) is 4.35. The van der Waals surface area contributed by atoms with E-state index in [1.165, 1.54) is 6.07 Å². The Morgan fingerprint density at radius 3 is 2.68 bits per heavy atom. The highest BCUT2D eigenvalue weighted by atomic mass is 32.1. The summed E-state index contributed by atoms with van der Waals surface area (Å²) in [5.41, 5.74) is 1.54. The average molecular weight is 282 g/mol. The van der Waals surface area contributed by atoms with E-state index >= 15 is 0 Å². The van der Waals surface area contributed by atoms with Crippen LogP contribution in [0.5, 0.6) is 0 Å². The first-order valence-corrected chi connectivity index (χ1v) is 7.10. The standard InChI is InChI=1S/C14H16F2N2S/c1-3-6-17-14(13-8-19-9(2)18-13)10-4-5-11(15)12(16)7-10/h4-5,7-8,14,17H,3,6H2,1-2H3. The number of nitrogens with zero attached hydrogens (tertiary/aromatic N) is 1. The molecule has 0 spiro atoms. The molecule has 1 N–H and O–H groups in total. The van der Waals surface area contributed by atoms with Crippen LogP contribution < -0.4 is 5.32 Å². The van der Waals surface area contributed by atoms with Gasteiger partial charge in [-0.2, -0.15) is 0 Å². The molecule has 0 aliphatic carbocycles. The Hall–Kier alpha value is -1.33. The molecule has 1 unspecified atom stereocenters. The number of rotatable bonds is 5.